The van der Waals surface area contributed by atoms with Crippen molar-refractivity contribution in [2.45, 2.75) is 11.8 Å². The predicted molar refractivity (Wildman–Crippen MR) is 111 cm³/mol. The lowest BCUT2D eigenvalue weighted by molar-refractivity contribution is -0.391. The monoisotopic (exact) mass is 444 g/mol. The van der Waals surface area contributed by atoms with Crippen molar-refractivity contribution in [2.75, 3.05) is 10.8 Å². The fourth-order valence-electron chi connectivity index (χ4n) is 2.82. The van der Waals surface area contributed by atoms with Gasteiger partial charge in [-0.1, -0.05) is 18.2 Å². The molecule has 0 aliphatic rings. The maximum Gasteiger partial charge on any atom is 0.406 e. The number of nitro benzene ring substituents is 1. The quantitative estimate of drug-likeness (QED) is 0.375. The van der Waals surface area contributed by atoms with E-state index in [0.29, 0.717) is 5.69 Å². The van der Waals surface area contributed by atoms with Gasteiger partial charge in [0.15, 0.2) is 0 Å². The van der Waals surface area contributed by atoms with Crippen molar-refractivity contribution in [1.82, 2.24) is 4.98 Å². The standard InChI is InChI=1S/C19H16N4O7S/c1-2-21(14-7-4-3-5-8-14)31(28,29)15-10-11-17(16(13-15)22(24)25)30-18-9-6-12-20-19(18)23(26)27/h3-13H,2H2,1H3. The molecule has 2 aromatic carbocycles. The third-order valence-electron chi connectivity index (χ3n) is 4.19. The lowest BCUT2D eigenvalue weighted by atomic mass is 10.3. The lowest BCUT2D eigenvalue weighted by Crippen LogP contribution is -2.30. The summed E-state index contributed by atoms with van der Waals surface area (Å²) in [6, 6.07) is 14.0. The molecule has 0 bridgehead atoms. The fraction of sp³-hybridized carbons (Fsp3) is 0.105. The highest BCUT2D eigenvalue weighted by molar-refractivity contribution is 7.92. The van der Waals surface area contributed by atoms with Gasteiger partial charge in [-0.3, -0.25) is 14.4 Å². The summed E-state index contributed by atoms with van der Waals surface area (Å²) in [5, 5.41) is 22.7. The molecule has 0 atom stereocenters. The minimum Gasteiger partial charge on any atom is -0.441 e. The smallest absolute Gasteiger partial charge is 0.406 e. The van der Waals surface area contributed by atoms with Gasteiger partial charge in [0, 0.05) is 12.6 Å². The first-order valence-corrected chi connectivity index (χ1v) is 10.3. The van der Waals surface area contributed by atoms with Crippen LogP contribution in [0.2, 0.25) is 0 Å². The van der Waals surface area contributed by atoms with Gasteiger partial charge < -0.3 is 14.9 Å². The fourth-order valence-corrected chi connectivity index (χ4v) is 4.31. The van der Waals surface area contributed by atoms with Crippen molar-refractivity contribution in [3.05, 3.63) is 87.1 Å². The molecule has 0 N–H and O–H groups in total. The first kappa shape index (κ1) is 21.6. The number of nitrogens with zero attached hydrogens (tertiary/aromatic N) is 4. The molecule has 0 aliphatic carbocycles. The Morgan fingerprint density at radius 2 is 1.68 bits per heavy atom. The molecule has 0 radical (unpaired) electrons. The van der Waals surface area contributed by atoms with Crippen LogP contribution in [0.4, 0.5) is 17.2 Å². The highest BCUT2D eigenvalue weighted by Crippen LogP contribution is 2.37. The van der Waals surface area contributed by atoms with Gasteiger partial charge in [-0.2, -0.15) is 0 Å². The Bertz CT molecular complexity index is 1230. The minimum atomic E-state index is -4.12. The zero-order valence-corrected chi connectivity index (χ0v) is 16.9. The molecule has 3 aromatic rings. The number of pyridine rings is 1. The van der Waals surface area contributed by atoms with Crippen LogP contribution in [0, 0.1) is 20.2 Å². The van der Waals surface area contributed by atoms with E-state index >= 15 is 0 Å². The highest BCUT2D eigenvalue weighted by atomic mass is 32.2. The van der Waals surface area contributed by atoms with E-state index in [-0.39, 0.29) is 22.9 Å². The minimum absolute atomic E-state index is 0.0975. The van der Waals surface area contributed by atoms with Crippen LogP contribution in [0.3, 0.4) is 0 Å². The second-order valence-electron chi connectivity index (χ2n) is 6.08. The number of para-hydroxylation sites is 1. The zero-order valence-electron chi connectivity index (χ0n) is 16.1. The molecule has 0 fully saturated rings. The topological polar surface area (TPSA) is 146 Å². The number of ether oxygens (including phenoxy) is 1. The summed E-state index contributed by atoms with van der Waals surface area (Å²) in [6.07, 6.45) is 1.18. The van der Waals surface area contributed by atoms with Gasteiger partial charge in [-0.25, -0.2) is 8.42 Å². The van der Waals surface area contributed by atoms with E-state index in [4.69, 9.17) is 4.74 Å². The summed E-state index contributed by atoms with van der Waals surface area (Å²) in [4.78, 5) is 24.3. The summed E-state index contributed by atoms with van der Waals surface area (Å²) in [6.45, 7) is 1.73. The Labute approximate surface area is 176 Å². The molecule has 1 aromatic heterocycles. The van der Waals surface area contributed by atoms with Crippen LogP contribution in [0.25, 0.3) is 0 Å². The number of hydrogen-bond donors (Lipinski definition) is 0. The molecule has 1 heterocycles. The number of benzene rings is 2. The van der Waals surface area contributed by atoms with Crippen LogP contribution in [0.15, 0.2) is 71.8 Å². The molecule has 0 saturated heterocycles. The van der Waals surface area contributed by atoms with Gasteiger partial charge in [-0.05, 0) is 53.2 Å². The first-order valence-electron chi connectivity index (χ1n) is 8.89. The maximum atomic E-state index is 13.1. The van der Waals surface area contributed by atoms with Crippen molar-refractivity contribution >= 4 is 27.2 Å². The van der Waals surface area contributed by atoms with Gasteiger partial charge >= 0.3 is 11.5 Å². The summed E-state index contributed by atoms with van der Waals surface area (Å²) in [5.74, 6) is -1.30. The summed E-state index contributed by atoms with van der Waals surface area (Å²) < 4.78 is 32.7. The van der Waals surface area contributed by atoms with Crippen LogP contribution in [-0.2, 0) is 10.0 Å². The maximum absolute atomic E-state index is 13.1. The third-order valence-corrected chi connectivity index (χ3v) is 6.09. The Hall–Kier alpha value is -4.06. The molecule has 11 nitrogen and oxygen atoms in total. The SMILES string of the molecule is CCN(c1ccccc1)S(=O)(=O)c1ccc(Oc2cccnc2[N+](=O)[O-])c([N+](=O)[O-])c1. The molecule has 31 heavy (non-hydrogen) atoms. The van der Waals surface area contributed by atoms with E-state index in [1.54, 1.807) is 37.3 Å². The average molecular weight is 444 g/mol. The van der Waals surface area contributed by atoms with Crippen molar-refractivity contribution in [3.8, 4) is 11.5 Å². The van der Waals surface area contributed by atoms with Crippen LogP contribution in [0.1, 0.15) is 6.92 Å². The van der Waals surface area contributed by atoms with Crippen LogP contribution < -0.4 is 9.04 Å². The Morgan fingerprint density at radius 3 is 2.29 bits per heavy atom. The molecule has 0 saturated carbocycles. The molecular weight excluding hydrogens is 428 g/mol. The number of aromatic nitrogens is 1. The number of sulfonamides is 1. The van der Waals surface area contributed by atoms with E-state index in [0.717, 1.165) is 22.5 Å². The van der Waals surface area contributed by atoms with Crippen molar-refractivity contribution < 1.29 is 23.0 Å². The predicted octanol–water partition coefficient (Wildman–Crippen LogP) is 3.91. The van der Waals surface area contributed by atoms with Crippen molar-refractivity contribution in [3.63, 3.8) is 0 Å². The first-order chi connectivity index (χ1) is 14.8. The lowest BCUT2D eigenvalue weighted by Gasteiger charge is -2.23. The Morgan fingerprint density at radius 1 is 0.968 bits per heavy atom. The third kappa shape index (κ3) is 4.43. The molecule has 3 rings (SSSR count). The largest absolute Gasteiger partial charge is 0.441 e. The van der Waals surface area contributed by atoms with Crippen LogP contribution in [0.5, 0.6) is 11.5 Å². The molecular formula is C19H16N4O7S. The van der Waals surface area contributed by atoms with Crippen molar-refractivity contribution in [1.29, 1.82) is 0 Å². The van der Waals surface area contributed by atoms with Gasteiger partial charge in [0.05, 0.1) is 15.5 Å². The Kier molecular flexibility index (Phi) is 6.11. The zero-order chi connectivity index (χ0) is 22.6. The summed E-state index contributed by atoms with van der Waals surface area (Å²) >= 11 is 0. The van der Waals surface area contributed by atoms with E-state index < -0.39 is 31.4 Å². The number of anilines is 1. The molecule has 0 unspecified atom stereocenters. The molecule has 12 heteroatoms. The van der Waals surface area contributed by atoms with Crippen LogP contribution >= 0.6 is 0 Å². The normalized spacial score (nSPS) is 11.0. The average Bonchev–Trinajstić information content (AvgIpc) is 2.75. The number of rotatable bonds is 8. The van der Waals surface area contributed by atoms with Crippen molar-refractivity contribution in [2.24, 2.45) is 0 Å². The van der Waals surface area contributed by atoms with E-state index in [2.05, 4.69) is 4.98 Å². The van der Waals surface area contributed by atoms with Gasteiger partial charge in [-0.15, -0.1) is 0 Å². The molecule has 160 valence electrons. The van der Waals surface area contributed by atoms with Gasteiger partial charge in [0.1, 0.15) is 6.20 Å². The highest BCUT2D eigenvalue weighted by Gasteiger charge is 2.28. The van der Waals surface area contributed by atoms with E-state index in [9.17, 15) is 28.6 Å². The molecule has 0 aliphatic heterocycles. The van der Waals surface area contributed by atoms with Crippen LogP contribution in [-0.4, -0.2) is 29.8 Å². The van der Waals surface area contributed by atoms with E-state index in [1.807, 2.05) is 0 Å². The molecule has 0 spiro atoms. The Balaban J connectivity index is 2.05. The summed E-state index contributed by atoms with van der Waals surface area (Å²) in [5.41, 5.74) is -0.262. The second kappa shape index (κ2) is 8.75. The second-order valence-corrected chi connectivity index (χ2v) is 7.94. The number of nitro groups is 2. The number of hydrogen-bond acceptors (Lipinski definition) is 8. The van der Waals surface area contributed by atoms with Gasteiger partial charge in [0.2, 0.25) is 11.5 Å². The van der Waals surface area contributed by atoms with Gasteiger partial charge in [0.25, 0.3) is 10.0 Å². The molecule has 0 amide bonds. The summed E-state index contributed by atoms with van der Waals surface area (Å²) in [7, 11) is -4.12. The van der Waals surface area contributed by atoms with E-state index in [1.165, 1.54) is 18.3 Å².